The van der Waals surface area contributed by atoms with Crippen LogP contribution in [-0.4, -0.2) is 39.4 Å². The Morgan fingerprint density at radius 1 is 0.625 bits per heavy atom. The molecule has 0 radical (unpaired) electrons. The van der Waals surface area contributed by atoms with Crippen molar-refractivity contribution in [3.05, 3.63) is 0 Å². The van der Waals surface area contributed by atoms with Crippen LogP contribution in [0, 0.1) is 0 Å². The third kappa shape index (κ3) is 3.50. The number of sulfone groups is 2. The molecule has 12 heteroatoms. The predicted octanol–water partition coefficient (Wildman–Crippen LogP) is 0.856. The molecular weight excluding hydrogens is 290 g/mol. The Balaban J connectivity index is 4.88. The van der Waals surface area contributed by atoms with Gasteiger partial charge < -0.3 is 0 Å². The fourth-order valence-electron chi connectivity index (χ4n) is 0.451. The van der Waals surface area contributed by atoms with Crippen molar-refractivity contribution in [1.82, 2.24) is 0 Å². The van der Waals surface area contributed by atoms with E-state index in [-0.39, 0.29) is 0 Å². The zero-order valence-electron chi connectivity index (χ0n) is 7.13. The first kappa shape index (κ1) is 15.5. The highest BCUT2D eigenvalue weighted by atomic mass is 32.2. The van der Waals surface area contributed by atoms with E-state index in [4.69, 9.17) is 0 Å². The number of hydrogen-bond donors (Lipinski definition) is 0. The molecule has 0 aromatic heterocycles. The van der Waals surface area contributed by atoms with E-state index < -0.39 is 42.2 Å². The summed E-state index contributed by atoms with van der Waals surface area (Å²) in [5.41, 5.74) is -11.5. The van der Waals surface area contributed by atoms with Gasteiger partial charge in [0, 0.05) is 0 Å². The second-order valence-electron chi connectivity index (χ2n) is 2.53. The second-order valence-corrected chi connectivity index (χ2v) is 6.73. The van der Waals surface area contributed by atoms with Crippen molar-refractivity contribution in [2.75, 3.05) is 11.5 Å². The average molecular weight is 294 g/mol. The molecule has 0 aliphatic carbocycles. The monoisotopic (exact) mass is 294 g/mol. The maximum Gasteiger partial charge on any atom is 0.497 e. The second kappa shape index (κ2) is 4.05. The fraction of sp³-hybridized carbons (Fsp3) is 1.00. The van der Waals surface area contributed by atoms with E-state index in [1.165, 1.54) is 0 Å². The molecule has 0 heterocycles. The van der Waals surface area contributed by atoms with Gasteiger partial charge in [-0.15, -0.1) is 0 Å². The van der Waals surface area contributed by atoms with Crippen molar-refractivity contribution in [3.63, 3.8) is 0 Å². The van der Waals surface area contributed by atoms with Gasteiger partial charge >= 0.3 is 11.0 Å². The molecule has 0 N–H and O–H groups in total. The van der Waals surface area contributed by atoms with Gasteiger partial charge in [0.05, 0.1) is 11.5 Å². The smallest absolute Gasteiger partial charge is 0.220 e. The van der Waals surface area contributed by atoms with Gasteiger partial charge in [0.1, 0.15) is 0 Å². The molecule has 0 aliphatic heterocycles. The molecule has 0 spiro atoms. The summed E-state index contributed by atoms with van der Waals surface area (Å²) in [5.74, 6) is -4.31. The number of hydrogen-bond acceptors (Lipinski definition) is 4. The first-order valence-corrected chi connectivity index (χ1v) is 6.59. The maximum absolute atomic E-state index is 11.6. The van der Waals surface area contributed by atoms with E-state index in [2.05, 4.69) is 0 Å². The van der Waals surface area contributed by atoms with Gasteiger partial charge in [0.15, 0.2) is 0 Å². The lowest BCUT2D eigenvalue weighted by Crippen LogP contribution is -2.34. The van der Waals surface area contributed by atoms with Crippen LogP contribution in [0.4, 0.5) is 26.3 Å². The van der Waals surface area contributed by atoms with Crippen LogP contribution in [0.1, 0.15) is 0 Å². The first-order valence-electron chi connectivity index (χ1n) is 3.29. The average Bonchev–Trinajstić information content (AvgIpc) is 1.97. The van der Waals surface area contributed by atoms with Crippen molar-refractivity contribution >= 4 is 19.7 Å². The predicted molar refractivity (Wildman–Crippen MR) is 39.7 cm³/mol. The zero-order chi connectivity index (χ0) is 13.4. The Hall–Kier alpha value is -0.520. The van der Waals surface area contributed by atoms with Crippen molar-refractivity contribution < 1.29 is 43.2 Å². The lowest BCUT2D eigenvalue weighted by atomic mass is 11.0. The molecule has 0 aromatic carbocycles. The van der Waals surface area contributed by atoms with Gasteiger partial charge in [0.2, 0.25) is 19.7 Å². The van der Waals surface area contributed by atoms with Gasteiger partial charge in [-0.2, -0.15) is 26.3 Å². The van der Waals surface area contributed by atoms with E-state index >= 15 is 0 Å². The standard InChI is InChI=1S/C4H4F6O4S2/c5-3(6,7)15(11,12)1-2-16(13,14)4(8,9)10/h1-2H2. The summed E-state index contributed by atoms with van der Waals surface area (Å²) < 4.78 is 111. The molecule has 0 saturated carbocycles. The largest absolute Gasteiger partial charge is 0.497 e. The Morgan fingerprint density at radius 2 is 0.812 bits per heavy atom. The minimum absolute atomic E-state index is 2.15. The highest BCUT2D eigenvalue weighted by Crippen LogP contribution is 2.27. The molecule has 0 unspecified atom stereocenters. The molecule has 0 rings (SSSR count). The molecule has 0 atom stereocenters. The summed E-state index contributed by atoms with van der Waals surface area (Å²) in [6.07, 6.45) is 0. The van der Waals surface area contributed by atoms with E-state index in [1.807, 2.05) is 0 Å². The Kier molecular flexibility index (Phi) is 3.92. The molecule has 0 fully saturated rings. The summed E-state index contributed by atoms with van der Waals surface area (Å²) in [6.45, 7) is 0. The molecule has 0 bridgehead atoms. The summed E-state index contributed by atoms with van der Waals surface area (Å²) in [6, 6.07) is 0. The van der Waals surface area contributed by atoms with Crippen LogP contribution in [-0.2, 0) is 19.7 Å². The molecule has 4 nitrogen and oxygen atoms in total. The maximum atomic E-state index is 11.6. The van der Waals surface area contributed by atoms with Crippen molar-refractivity contribution in [2.45, 2.75) is 11.0 Å². The van der Waals surface area contributed by atoms with Crippen LogP contribution in [0.5, 0.6) is 0 Å². The zero-order valence-corrected chi connectivity index (χ0v) is 8.76. The highest BCUT2D eigenvalue weighted by molar-refractivity contribution is 7.95. The molecule has 16 heavy (non-hydrogen) atoms. The van der Waals surface area contributed by atoms with Crippen LogP contribution in [0.3, 0.4) is 0 Å². The molecule has 0 saturated heterocycles. The van der Waals surface area contributed by atoms with E-state index in [1.54, 1.807) is 0 Å². The summed E-state index contributed by atoms with van der Waals surface area (Å²) >= 11 is 0. The van der Waals surface area contributed by atoms with Crippen molar-refractivity contribution in [1.29, 1.82) is 0 Å². The SMILES string of the molecule is O=S(=O)(CCS(=O)(=O)C(F)(F)F)C(F)(F)F. The normalized spacial score (nSPS) is 15.1. The van der Waals surface area contributed by atoms with Crippen LogP contribution >= 0.6 is 0 Å². The Bertz CT molecular complexity index is 396. The van der Waals surface area contributed by atoms with Gasteiger partial charge in [-0.05, 0) is 0 Å². The first-order chi connectivity index (χ1) is 6.71. The van der Waals surface area contributed by atoms with Gasteiger partial charge in [0.25, 0.3) is 0 Å². The van der Waals surface area contributed by atoms with Crippen LogP contribution in [0.25, 0.3) is 0 Å². The molecule has 98 valence electrons. The summed E-state index contributed by atoms with van der Waals surface area (Å²) in [7, 11) is -11.7. The van der Waals surface area contributed by atoms with Crippen LogP contribution in [0.15, 0.2) is 0 Å². The van der Waals surface area contributed by atoms with E-state index in [0.717, 1.165) is 0 Å². The van der Waals surface area contributed by atoms with E-state index in [9.17, 15) is 43.2 Å². The third-order valence-corrected chi connectivity index (χ3v) is 4.48. The van der Waals surface area contributed by atoms with Gasteiger partial charge in [-0.3, -0.25) is 0 Å². The molecule has 0 amide bonds. The fourth-order valence-corrected chi connectivity index (χ4v) is 2.67. The molecule has 0 aromatic rings. The minimum Gasteiger partial charge on any atom is -0.220 e. The molecule has 0 aliphatic rings. The number of halogens is 6. The minimum atomic E-state index is -5.87. The van der Waals surface area contributed by atoms with Crippen LogP contribution in [0.2, 0.25) is 0 Å². The van der Waals surface area contributed by atoms with Gasteiger partial charge in [-0.25, -0.2) is 16.8 Å². The lowest BCUT2D eigenvalue weighted by Gasteiger charge is -2.09. The van der Waals surface area contributed by atoms with Crippen molar-refractivity contribution in [2.24, 2.45) is 0 Å². The highest BCUT2D eigenvalue weighted by Gasteiger charge is 2.50. The molecular formula is C4H4F6O4S2. The van der Waals surface area contributed by atoms with E-state index in [0.29, 0.717) is 0 Å². The number of alkyl halides is 6. The quantitative estimate of drug-likeness (QED) is 0.724. The van der Waals surface area contributed by atoms with Crippen molar-refractivity contribution in [3.8, 4) is 0 Å². The topological polar surface area (TPSA) is 68.3 Å². The summed E-state index contributed by atoms with van der Waals surface area (Å²) in [4.78, 5) is 0. The van der Waals surface area contributed by atoms with Crippen LogP contribution < -0.4 is 0 Å². The third-order valence-electron chi connectivity index (χ3n) is 1.33. The Morgan fingerprint density at radius 3 is 0.938 bits per heavy atom. The van der Waals surface area contributed by atoms with Gasteiger partial charge in [-0.1, -0.05) is 0 Å². The number of rotatable bonds is 3. The Labute approximate surface area is 86.1 Å². The summed E-state index contributed by atoms with van der Waals surface area (Å²) in [5, 5.41) is 0. The lowest BCUT2D eigenvalue weighted by molar-refractivity contribution is -0.0453.